The summed E-state index contributed by atoms with van der Waals surface area (Å²) in [7, 11) is 0. The van der Waals surface area contributed by atoms with E-state index in [1.54, 1.807) is 19.1 Å². The van der Waals surface area contributed by atoms with E-state index in [0.29, 0.717) is 5.02 Å². The van der Waals surface area contributed by atoms with Crippen molar-refractivity contribution in [2.24, 2.45) is 5.73 Å². The average molecular weight is 216 g/mol. The summed E-state index contributed by atoms with van der Waals surface area (Å²) < 4.78 is 0. The Morgan fingerprint density at radius 3 is 2.46 bits per heavy atom. The molecule has 1 unspecified atom stereocenters. The van der Waals surface area contributed by atoms with Gasteiger partial charge in [0.1, 0.15) is 0 Å². The number of halogens is 1. The molecule has 0 radical (unpaired) electrons. The third kappa shape index (κ3) is 3.28. The van der Waals surface area contributed by atoms with Gasteiger partial charge in [0, 0.05) is 9.92 Å². The van der Waals surface area contributed by atoms with Crippen molar-refractivity contribution < 1.29 is 4.79 Å². The van der Waals surface area contributed by atoms with Gasteiger partial charge in [-0.2, -0.15) is 0 Å². The highest BCUT2D eigenvalue weighted by atomic mass is 35.5. The fourth-order valence-electron chi connectivity index (χ4n) is 0.775. The molecule has 0 saturated heterocycles. The fourth-order valence-corrected chi connectivity index (χ4v) is 1.72. The molecule has 0 heterocycles. The highest BCUT2D eigenvalue weighted by Crippen LogP contribution is 2.24. The molecule has 0 fully saturated rings. The van der Waals surface area contributed by atoms with Crippen LogP contribution >= 0.6 is 23.4 Å². The van der Waals surface area contributed by atoms with Crippen LogP contribution in [0.4, 0.5) is 0 Å². The van der Waals surface area contributed by atoms with Crippen LogP contribution in [0.3, 0.4) is 0 Å². The maximum atomic E-state index is 10.7. The average Bonchev–Trinajstić information content (AvgIpc) is 2.08. The van der Waals surface area contributed by atoms with E-state index in [-0.39, 0.29) is 11.2 Å². The number of thioether (sulfide) groups is 1. The molecule has 1 amide bonds. The number of carbonyl (C=O) groups excluding carboxylic acids is 1. The van der Waals surface area contributed by atoms with Crippen LogP contribution in [0.15, 0.2) is 29.2 Å². The van der Waals surface area contributed by atoms with Crippen molar-refractivity contribution in [3.63, 3.8) is 0 Å². The quantitative estimate of drug-likeness (QED) is 0.787. The second kappa shape index (κ2) is 4.53. The third-order valence-corrected chi connectivity index (χ3v) is 2.91. The van der Waals surface area contributed by atoms with Gasteiger partial charge in [-0.25, -0.2) is 0 Å². The number of rotatable bonds is 3. The van der Waals surface area contributed by atoms with Crippen LogP contribution in [0.25, 0.3) is 0 Å². The molecule has 70 valence electrons. The fraction of sp³-hybridized carbons (Fsp3) is 0.222. The van der Waals surface area contributed by atoms with E-state index in [9.17, 15) is 4.79 Å². The Hall–Kier alpha value is -0.670. The van der Waals surface area contributed by atoms with Gasteiger partial charge in [0.15, 0.2) is 0 Å². The van der Waals surface area contributed by atoms with E-state index < -0.39 is 0 Å². The minimum Gasteiger partial charge on any atom is -0.369 e. The summed E-state index contributed by atoms with van der Waals surface area (Å²) >= 11 is 7.14. The zero-order valence-corrected chi connectivity index (χ0v) is 8.73. The first-order valence-corrected chi connectivity index (χ1v) is 5.07. The van der Waals surface area contributed by atoms with Crippen molar-refractivity contribution in [2.75, 3.05) is 0 Å². The number of hydrogen-bond donors (Lipinski definition) is 1. The summed E-state index contributed by atoms with van der Waals surface area (Å²) in [6.07, 6.45) is 0. The Labute approximate surface area is 86.5 Å². The first kappa shape index (κ1) is 10.4. The van der Waals surface area contributed by atoms with Crippen LogP contribution < -0.4 is 5.73 Å². The molecule has 0 spiro atoms. The lowest BCUT2D eigenvalue weighted by atomic mass is 10.4. The summed E-state index contributed by atoms with van der Waals surface area (Å²) in [6.45, 7) is 1.78. The van der Waals surface area contributed by atoms with Crippen LogP contribution in [0, 0.1) is 0 Å². The van der Waals surface area contributed by atoms with Crippen molar-refractivity contribution in [1.29, 1.82) is 0 Å². The van der Waals surface area contributed by atoms with Crippen LogP contribution in [-0.2, 0) is 4.79 Å². The number of primary amides is 1. The van der Waals surface area contributed by atoms with Gasteiger partial charge in [0.25, 0.3) is 0 Å². The van der Waals surface area contributed by atoms with Gasteiger partial charge < -0.3 is 5.73 Å². The summed E-state index contributed by atoms with van der Waals surface area (Å²) in [4.78, 5) is 11.7. The molecule has 0 aliphatic rings. The SMILES string of the molecule is CC(Sc1ccc(Cl)cc1)C(N)=O. The van der Waals surface area contributed by atoms with Crippen molar-refractivity contribution in [2.45, 2.75) is 17.1 Å². The Morgan fingerprint density at radius 2 is 2.00 bits per heavy atom. The van der Waals surface area contributed by atoms with Crippen molar-refractivity contribution in [3.05, 3.63) is 29.3 Å². The number of amides is 1. The molecular formula is C9H10ClNOS. The predicted molar refractivity (Wildman–Crippen MR) is 56.0 cm³/mol. The lowest BCUT2D eigenvalue weighted by molar-refractivity contribution is -0.117. The molecule has 1 atom stereocenters. The smallest absolute Gasteiger partial charge is 0.230 e. The Bertz CT molecular complexity index is 299. The molecule has 0 aliphatic carbocycles. The molecule has 0 aliphatic heterocycles. The van der Waals surface area contributed by atoms with E-state index in [1.807, 2.05) is 12.1 Å². The molecule has 1 rings (SSSR count). The number of carbonyl (C=O) groups is 1. The van der Waals surface area contributed by atoms with E-state index in [0.717, 1.165) is 4.90 Å². The molecule has 0 bridgehead atoms. The van der Waals surface area contributed by atoms with E-state index >= 15 is 0 Å². The number of benzene rings is 1. The van der Waals surface area contributed by atoms with Crippen molar-refractivity contribution >= 4 is 29.3 Å². The van der Waals surface area contributed by atoms with E-state index in [4.69, 9.17) is 17.3 Å². The summed E-state index contributed by atoms with van der Waals surface area (Å²) in [6, 6.07) is 7.31. The molecular weight excluding hydrogens is 206 g/mol. The van der Waals surface area contributed by atoms with Crippen LogP contribution in [0.2, 0.25) is 5.02 Å². The maximum absolute atomic E-state index is 10.7. The first-order valence-electron chi connectivity index (χ1n) is 3.81. The molecule has 13 heavy (non-hydrogen) atoms. The maximum Gasteiger partial charge on any atom is 0.230 e. The standard InChI is InChI=1S/C9H10ClNOS/c1-6(9(11)12)13-8-4-2-7(10)3-5-8/h2-6H,1H3,(H2,11,12). The lowest BCUT2D eigenvalue weighted by Gasteiger charge is -2.06. The molecule has 2 nitrogen and oxygen atoms in total. The predicted octanol–water partition coefficient (Wildman–Crippen LogP) is 2.31. The third-order valence-electron chi connectivity index (χ3n) is 1.53. The Kier molecular flexibility index (Phi) is 3.63. The van der Waals surface area contributed by atoms with Gasteiger partial charge in [-0.05, 0) is 31.2 Å². The summed E-state index contributed by atoms with van der Waals surface area (Å²) in [5.41, 5.74) is 5.13. The molecule has 1 aromatic rings. The second-order valence-electron chi connectivity index (χ2n) is 2.62. The first-order chi connectivity index (χ1) is 6.09. The molecule has 1 aromatic carbocycles. The number of nitrogens with two attached hydrogens (primary N) is 1. The van der Waals surface area contributed by atoms with E-state index in [1.165, 1.54) is 11.8 Å². The van der Waals surface area contributed by atoms with Gasteiger partial charge >= 0.3 is 0 Å². The Morgan fingerprint density at radius 1 is 1.46 bits per heavy atom. The molecule has 2 N–H and O–H groups in total. The zero-order valence-electron chi connectivity index (χ0n) is 7.16. The van der Waals surface area contributed by atoms with Gasteiger partial charge in [-0.15, -0.1) is 11.8 Å². The molecule has 0 saturated carbocycles. The highest BCUT2D eigenvalue weighted by Gasteiger charge is 2.09. The second-order valence-corrected chi connectivity index (χ2v) is 4.47. The molecule has 4 heteroatoms. The summed E-state index contributed by atoms with van der Waals surface area (Å²) in [5, 5.41) is 0.484. The summed E-state index contributed by atoms with van der Waals surface area (Å²) in [5.74, 6) is -0.306. The monoisotopic (exact) mass is 215 g/mol. The lowest BCUT2D eigenvalue weighted by Crippen LogP contribution is -2.22. The van der Waals surface area contributed by atoms with Gasteiger partial charge in [0.2, 0.25) is 5.91 Å². The molecule has 0 aromatic heterocycles. The highest BCUT2D eigenvalue weighted by molar-refractivity contribution is 8.00. The van der Waals surface area contributed by atoms with Crippen molar-refractivity contribution in [3.8, 4) is 0 Å². The van der Waals surface area contributed by atoms with Crippen LogP contribution in [-0.4, -0.2) is 11.2 Å². The van der Waals surface area contributed by atoms with Crippen LogP contribution in [0.1, 0.15) is 6.92 Å². The number of hydrogen-bond acceptors (Lipinski definition) is 2. The zero-order chi connectivity index (χ0) is 9.84. The van der Waals surface area contributed by atoms with Crippen LogP contribution in [0.5, 0.6) is 0 Å². The van der Waals surface area contributed by atoms with Crippen molar-refractivity contribution in [1.82, 2.24) is 0 Å². The Balaban J connectivity index is 2.64. The topological polar surface area (TPSA) is 43.1 Å². The van der Waals surface area contributed by atoms with E-state index in [2.05, 4.69) is 0 Å². The largest absolute Gasteiger partial charge is 0.369 e. The van der Waals surface area contributed by atoms with Gasteiger partial charge in [-0.3, -0.25) is 4.79 Å². The minimum absolute atomic E-state index is 0.207. The van der Waals surface area contributed by atoms with Gasteiger partial charge in [0.05, 0.1) is 5.25 Å². The normalized spacial score (nSPS) is 12.5. The minimum atomic E-state index is -0.306. The van der Waals surface area contributed by atoms with Gasteiger partial charge in [-0.1, -0.05) is 11.6 Å².